The molecule has 35 heavy (non-hydrogen) atoms. The lowest BCUT2D eigenvalue weighted by Gasteiger charge is -2.14. The third-order valence-corrected chi connectivity index (χ3v) is 6.49. The number of nitrogens with zero attached hydrogens (tertiary/aromatic N) is 1. The Balaban J connectivity index is 1.36. The monoisotopic (exact) mass is 506 g/mol. The number of benzene rings is 3. The molecule has 178 valence electrons. The van der Waals surface area contributed by atoms with Gasteiger partial charge in [-0.2, -0.15) is 0 Å². The second-order valence-corrected chi connectivity index (χ2v) is 9.55. The highest BCUT2D eigenvalue weighted by molar-refractivity contribution is 8.18. The number of carbonyl (C=O) groups is 3. The van der Waals surface area contributed by atoms with Crippen molar-refractivity contribution >= 4 is 52.2 Å². The number of aryl methyl sites for hydroxylation is 2. The summed E-state index contributed by atoms with van der Waals surface area (Å²) >= 11 is 6.72. The highest BCUT2D eigenvalue weighted by atomic mass is 35.5. The van der Waals surface area contributed by atoms with Crippen molar-refractivity contribution in [2.75, 3.05) is 11.9 Å². The minimum atomic E-state index is -0.487. The molecule has 1 N–H and O–H groups in total. The largest absolute Gasteiger partial charge is 0.489 e. The minimum absolute atomic E-state index is 0.268. The Bertz CT molecular complexity index is 1300. The molecule has 3 aromatic rings. The average molecular weight is 507 g/mol. The summed E-state index contributed by atoms with van der Waals surface area (Å²) in [7, 11) is 0. The molecule has 6 nitrogen and oxygen atoms in total. The average Bonchev–Trinajstić information content (AvgIpc) is 3.08. The highest BCUT2D eigenvalue weighted by Gasteiger charge is 2.36. The van der Waals surface area contributed by atoms with E-state index in [2.05, 4.69) is 5.32 Å². The molecule has 1 aliphatic rings. The molecular formula is C27H23ClN2O4S. The van der Waals surface area contributed by atoms with Crippen LogP contribution in [-0.4, -0.2) is 28.5 Å². The number of hydrogen-bond donors (Lipinski definition) is 1. The van der Waals surface area contributed by atoms with E-state index in [1.807, 2.05) is 50.2 Å². The first kappa shape index (κ1) is 24.6. The number of ether oxygens (including phenoxy) is 1. The zero-order valence-electron chi connectivity index (χ0n) is 19.2. The van der Waals surface area contributed by atoms with Crippen molar-refractivity contribution < 1.29 is 19.1 Å². The summed E-state index contributed by atoms with van der Waals surface area (Å²) in [6, 6.07) is 20.3. The summed E-state index contributed by atoms with van der Waals surface area (Å²) < 4.78 is 5.78. The molecule has 0 aromatic heterocycles. The van der Waals surface area contributed by atoms with Gasteiger partial charge >= 0.3 is 0 Å². The zero-order chi connectivity index (χ0) is 24.9. The molecule has 0 bridgehead atoms. The van der Waals surface area contributed by atoms with Gasteiger partial charge in [0.05, 0.1) is 4.91 Å². The molecule has 0 aliphatic carbocycles. The highest BCUT2D eigenvalue weighted by Crippen LogP contribution is 2.32. The first-order chi connectivity index (χ1) is 16.8. The number of anilines is 1. The minimum Gasteiger partial charge on any atom is -0.489 e. The van der Waals surface area contributed by atoms with Crippen molar-refractivity contribution in [1.29, 1.82) is 0 Å². The molecule has 0 radical (unpaired) electrons. The summed E-state index contributed by atoms with van der Waals surface area (Å²) in [5.41, 5.74) is 4.38. The number of rotatable bonds is 7. The number of amides is 3. The van der Waals surface area contributed by atoms with Crippen LogP contribution in [0.3, 0.4) is 0 Å². The predicted molar refractivity (Wildman–Crippen MR) is 139 cm³/mol. The number of carbonyl (C=O) groups excluding carboxylic acids is 3. The fourth-order valence-corrected chi connectivity index (χ4v) is 4.45. The van der Waals surface area contributed by atoms with Crippen LogP contribution >= 0.6 is 23.4 Å². The smallest absolute Gasteiger partial charge is 0.294 e. The van der Waals surface area contributed by atoms with Crippen LogP contribution in [0.1, 0.15) is 22.3 Å². The van der Waals surface area contributed by atoms with E-state index in [4.69, 9.17) is 16.3 Å². The number of nitrogens with one attached hydrogen (secondary N) is 1. The van der Waals surface area contributed by atoms with Crippen LogP contribution in [0.5, 0.6) is 5.75 Å². The lowest BCUT2D eigenvalue weighted by Crippen LogP contribution is -2.36. The number of imide groups is 1. The predicted octanol–water partition coefficient (Wildman–Crippen LogP) is 6.21. The van der Waals surface area contributed by atoms with Gasteiger partial charge in [0.25, 0.3) is 11.1 Å². The second kappa shape index (κ2) is 10.8. The molecule has 8 heteroatoms. The fraction of sp³-hybridized carbons (Fsp3) is 0.148. The molecule has 0 spiro atoms. The van der Waals surface area contributed by atoms with E-state index >= 15 is 0 Å². The summed E-state index contributed by atoms with van der Waals surface area (Å²) in [5, 5.41) is 2.97. The first-order valence-electron chi connectivity index (χ1n) is 10.9. The van der Waals surface area contributed by atoms with E-state index in [-0.39, 0.29) is 11.4 Å². The third-order valence-electron chi connectivity index (χ3n) is 5.33. The van der Waals surface area contributed by atoms with Gasteiger partial charge in [-0.15, -0.1) is 0 Å². The summed E-state index contributed by atoms with van der Waals surface area (Å²) in [4.78, 5) is 38.9. The molecule has 0 saturated carbocycles. The third kappa shape index (κ3) is 6.32. The van der Waals surface area contributed by atoms with Gasteiger partial charge in [-0.05, 0) is 78.7 Å². The molecule has 3 aromatic carbocycles. The van der Waals surface area contributed by atoms with Crippen molar-refractivity contribution in [2.24, 2.45) is 0 Å². The Labute approximate surface area is 212 Å². The van der Waals surface area contributed by atoms with Crippen LogP contribution in [0.25, 0.3) is 6.08 Å². The van der Waals surface area contributed by atoms with E-state index in [0.29, 0.717) is 23.1 Å². The van der Waals surface area contributed by atoms with E-state index in [0.717, 1.165) is 38.9 Å². The van der Waals surface area contributed by atoms with Crippen LogP contribution in [-0.2, 0) is 16.2 Å². The Hall–Kier alpha value is -3.55. The van der Waals surface area contributed by atoms with Gasteiger partial charge in [0.2, 0.25) is 5.91 Å². The molecule has 4 rings (SSSR count). The Kier molecular flexibility index (Phi) is 7.58. The number of hydrogen-bond acceptors (Lipinski definition) is 5. The zero-order valence-corrected chi connectivity index (χ0v) is 20.8. The Morgan fingerprint density at radius 2 is 1.74 bits per heavy atom. The van der Waals surface area contributed by atoms with Crippen molar-refractivity contribution in [3.05, 3.63) is 98.9 Å². The van der Waals surface area contributed by atoms with Gasteiger partial charge in [0.1, 0.15) is 18.9 Å². The van der Waals surface area contributed by atoms with Gasteiger partial charge in [-0.1, -0.05) is 53.6 Å². The molecule has 1 aliphatic heterocycles. The lowest BCUT2D eigenvalue weighted by molar-refractivity contribution is -0.127. The van der Waals surface area contributed by atoms with Crippen molar-refractivity contribution in [2.45, 2.75) is 20.5 Å². The lowest BCUT2D eigenvalue weighted by atomic mass is 10.1. The van der Waals surface area contributed by atoms with Gasteiger partial charge in [0.15, 0.2) is 0 Å². The van der Waals surface area contributed by atoms with Crippen molar-refractivity contribution in [1.82, 2.24) is 4.90 Å². The topological polar surface area (TPSA) is 75.7 Å². The molecule has 1 saturated heterocycles. The van der Waals surface area contributed by atoms with Crippen molar-refractivity contribution in [3.63, 3.8) is 0 Å². The van der Waals surface area contributed by atoms with Gasteiger partial charge in [-0.25, -0.2) is 0 Å². The molecule has 0 unspecified atom stereocenters. The van der Waals surface area contributed by atoms with E-state index in [1.54, 1.807) is 36.4 Å². The van der Waals surface area contributed by atoms with Gasteiger partial charge in [-0.3, -0.25) is 19.3 Å². The second-order valence-electron chi connectivity index (χ2n) is 8.12. The van der Waals surface area contributed by atoms with Crippen LogP contribution in [0.4, 0.5) is 10.5 Å². The fourth-order valence-electron chi connectivity index (χ4n) is 3.48. The molecule has 1 fully saturated rings. The van der Waals surface area contributed by atoms with E-state index in [9.17, 15) is 14.4 Å². The summed E-state index contributed by atoms with van der Waals surface area (Å²) in [6.45, 7) is 3.92. The quantitative estimate of drug-likeness (QED) is 0.385. The maximum Gasteiger partial charge on any atom is 0.294 e. The van der Waals surface area contributed by atoms with Crippen LogP contribution in [0.15, 0.2) is 71.6 Å². The summed E-state index contributed by atoms with van der Waals surface area (Å²) in [6.07, 6.45) is 1.63. The van der Waals surface area contributed by atoms with Gasteiger partial charge in [0, 0.05) is 10.7 Å². The Morgan fingerprint density at radius 3 is 2.43 bits per heavy atom. The van der Waals surface area contributed by atoms with Crippen LogP contribution in [0, 0.1) is 13.8 Å². The number of halogens is 1. The molecular weight excluding hydrogens is 484 g/mol. The standard InChI is InChI=1S/C27H23ClN2O4S/c1-17-3-12-23(18(2)13-17)29-25(31)15-30-26(32)24(35-27(30)33)14-19-6-10-22(11-7-19)34-16-20-4-8-21(28)9-5-20/h3-14H,15-16H2,1-2H3,(H,29,31)/b24-14+. The SMILES string of the molecule is Cc1ccc(NC(=O)CN2C(=O)S/C(=C/c3ccc(OCc4ccc(Cl)cc4)cc3)C2=O)c(C)c1. The maximum absolute atomic E-state index is 12.8. The van der Waals surface area contributed by atoms with Gasteiger partial charge < -0.3 is 10.1 Å². The van der Waals surface area contributed by atoms with E-state index in [1.165, 1.54) is 0 Å². The van der Waals surface area contributed by atoms with Crippen LogP contribution in [0.2, 0.25) is 5.02 Å². The molecule has 3 amide bonds. The maximum atomic E-state index is 12.8. The van der Waals surface area contributed by atoms with Crippen molar-refractivity contribution in [3.8, 4) is 5.75 Å². The molecule has 1 heterocycles. The molecule has 0 atom stereocenters. The number of thioether (sulfide) groups is 1. The normalized spacial score (nSPS) is 14.5. The van der Waals surface area contributed by atoms with E-state index < -0.39 is 17.1 Å². The first-order valence-corrected chi connectivity index (χ1v) is 12.1. The summed E-state index contributed by atoms with van der Waals surface area (Å²) in [5.74, 6) is -0.241. The Morgan fingerprint density at radius 1 is 1.03 bits per heavy atom. The van der Waals surface area contributed by atoms with Crippen LogP contribution < -0.4 is 10.1 Å².